The summed E-state index contributed by atoms with van der Waals surface area (Å²) in [6.07, 6.45) is -0.0638. The summed E-state index contributed by atoms with van der Waals surface area (Å²) in [4.78, 5) is 6.52. The molecule has 0 saturated carbocycles. The van der Waals surface area contributed by atoms with Crippen LogP contribution in [-0.2, 0) is 17.5 Å². The van der Waals surface area contributed by atoms with Crippen LogP contribution in [-0.4, -0.2) is 57.3 Å². The second-order valence-corrected chi connectivity index (χ2v) is 7.11. The van der Waals surface area contributed by atoms with Crippen LogP contribution in [0.5, 0.6) is 0 Å². The molecule has 0 bridgehead atoms. The summed E-state index contributed by atoms with van der Waals surface area (Å²) in [5.74, 6) is 0.799. The van der Waals surface area contributed by atoms with Crippen LogP contribution in [0.2, 0.25) is 0 Å². The van der Waals surface area contributed by atoms with Gasteiger partial charge in [0.25, 0.3) is 0 Å². The number of ether oxygens (including phenoxy) is 1. The summed E-state index contributed by atoms with van der Waals surface area (Å²) in [5, 5.41) is 6.77. The average Bonchev–Trinajstić information content (AvgIpc) is 3.10. The summed E-state index contributed by atoms with van der Waals surface area (Å²) in [6, 6.07) is 5.72. The van der Waals surface area contributed by atoms with Crippen LogP contribution < -0.4 is 10.6 Å². The molecule has 9 heteroatoms. The highest BCUT2D eigenvalue weighted by atomic mass is 127. The van der Waals surface area contributed by atoms with E-state index < -0.39 is 11.7 Å². The van der Waals surface area contributed by atoms with Gasteiger partial charge < -0.3 is 15.4 Å². The minimum atomic E-state index is -4.28. The largest absolute Gasteiger partial charge is 0.416 e. The first kappa shape index (κ1) is 26.0. The summed E-state index contributed by atoms with van der Waals surface area (Å²) >= 11 is 0. The number of methoxy groups -OCH3 is 1. The zero-order valence-corrected chi connectivity index (χ0v) is 19.4. The van der Waals surface area contributed by atoms with Gasteiger partial charge in [-0.15, -0.1) is 24.0 Å². The minimum Gasteiger partial charge on any atom is -0.385 e. The Morgan fingerprint density at radius 2 is 1.93 bits per heavy atom. The highest BCUT2D eigenvalue weighted by Crippen LogP contribution is 2.29. The summed E-state index contributed by atoms with van der Waals surface area (Å²) in [7, 11) is 3.47. The molecule has 1 aliphatic rings. The van der Waals surface area contributed by atoms with Gasteiger partial charge >= 0.3 is 6.18 Å². The number of hydrogen-bond donors (Lipinski definition) is 2. The zero-order valence-electron chi connectivity index (χ0n) is 17.1. The molecule has 1 aliphatic heterocycles. The molecule has 0 amide bonds. The quantitative estimate of drug-likeness (QED) is 0.221. The van der Waals surface area contributed by atoms with E-state index in [2.05, 4.69) is 20.5 Å². The summed E-state index contributed by atoms with van der Waals surface area (Å²) in [6.45, 7) is 4.07. The molecule has 1 aromatic rings. The second kappa shape index (κ2) is 13.3. The lowest BCUT2D eigenvalue weighted by molar-refractivity contribution is -0.137. The predicted molar refractivity (Wildman–Crippen MR) is 121 cm³/mol. The Kier molecular flexibility index (Phi) is 11.9. The van der Waals surface area contributed by atoms with Gasteiger partial charge in [-0.05, 0) is 43.4 Å². The molecule has 1 heterocycles. The number of guanidine groups is 1. The van der Waals surface area contributed by atoms with Crippen molar-refractivity contribution in [3.05, 3.63) is 35.4 Å². The number of hydrogen-bond acceptors (Lipinski definition) is 3. The van der Waals surface area contributed by atoms with Crippen molar-refractivity contribution in [1.82, 2.24) is 15.5 Å². The summed E-state index contributed by atoms with van der Waals surface area (Å²) < 4.78 is 43.0. The molecule has 2 N–H and O–H groups in total. The van der Waals surface area contributed by atoms with Gasteiger partial charge in [0.1, 0.15) is 0 Å². The van der Waals surface area contributed by atoms with E-state index in [-0.39, 0.29) is 30.0 Å². The molecule has 5 nitrogen and oxygen atoms in total. The van der Waals surface area contributed by atoms with E-state index in [0.29, 0.717) is 6.54 Å². The Bertz CT molecular complexity index is 611. The van der Waals surface area contributed by atoms with Gasteiger partial charge in [0.05, 0.1) is 5.56 Å². The van der Waals surface area contributed by atoms with Crippen LogP contribution in [0.4, 0.5) is 13.2 Å². The summed E-state index contributed by atoms with van der Waals surface area (Å²) in [5.41, 5.74) is 0.293. The highest BCUT2D eigenvalue weighted by Gasteiger charge is 2.30. The molecule has 166 valence electrons. The van der Waals surface area contributed by atoms with Crippen molar-refractivity contribution in [2.45, 2.75) is 44.4 Å². The number of alkyl halides is 3. The van der Waals surface area contributed by atoms with Crippen LogP contribution in [0.1, 0.15) is 36.8 Å². The first-order valence-corrected chi connectivity index (χ1v) is 9.77. The van der Waals surface area contributed by atoms with Crippen molar-refractivity contribution in [3.8, 4) is 0 Å². The van der Waals surface area contributed by atoms with Crippen molar-refractivity contribution < 1.29 is 17.9 Å². The topological polar surface area (TPSA) is 48.9 Å². The van der Waals surface area contributed by atoms with Crippen molar-refractivity contribution in [1.29, 1.82) is 0 Å². The number of benzene rings is 1. The fourth-order valence-electron chi connectivity index (χ4n) is 3.29. The van der Waals surface area contributed by atoms with Gasteiger partial charge in [-0.25, -0.2) is 0 Å². The molecular weight excluding hydrogens is 496 g/mol. The third kappa shape index (κ3) is 9.52. The third-order valence-electron chi connectivity index (χ3n) is 4.84. The number of halogens is 4. The number of aliphatic imine (C=N–C) groups is 1. The molecule has 2 rings (SSSR count). The Hall–Kier alpha value is -1.07. The fourth-order valence-corrected chi connectivity index (χ4v) is 3.29. The molecule has 1 unspecified atom stereocenters. The van der Waals surface area contributed by atoms with Gasteiger partial charge in [0.2, 0.25) is 0 Å². The lowest BCUT2D eigenvalue weighted by atomic mass is 10.1. The normalized spacial score (nSPS) is 17.8. The molecule has 0 radical (unpaired) electrons. The first-order chi connectivity index (χ1) is 13.4. The number of nitrogens with one attached hydrogen (secondary N) is 2. The van der Waals surface area contributed by atoms with Crippen LogP contribution in [0, 0.1) is 0 Å². The Morgan fingerprint density at radius 1 is 1.21 bits per heavy atom. The van der Waals surface area contributed by atoms with Crippen LogP contribution in [0.15, 0.2) is 29.3 Å². The van der Waals surface area contributed by atoms with E-state index in [4.69, 9.17) is 4.74 Å². The lowest BCUT2D eigenvalue weighted by Gasteiger charge is -2.19. The van der Waals surface area contributed by atoms with E-state index in [1.807, 2.05) is 0 Å². The lowest BCUT2D eigenvalue weighted by Crippen LogP contribution is -2.44. The molecule has 0 aromatic heterocycles. The van der Waals surface area contributed by atoms with Crippen molar-refractivity contribution in [2.75, 3.05) is 40.4 Å². The second-order valence-electron chi connectivity index (χ2n) is 7.11. The smallest absolute Gasteiger partial charge is 0.385 e. The van der Waals surface area contributed by atoms with E-state index in [0.717, 1.165) is 75.6 Å². The molecule has 1 fully saturated rings. The van der Waals surface area contributed by atoms with Crippen LogP contribution >= 0.6 is 24.0 Å². The zero-order chi connectivity index (χ0) is 20.4. The van der Waals surface area contributed by atoms with E-state index in [1.54, 1.807) is 26.3 Å². The maximum atomic E-state index is 12.7. The van der Waals surface area contributed by atoms with E-state index in [1.165, 1.54) is 0 Å². The number of unbranched alkanes of at least 4 members (excludes halogenated alkanes) is 2. The van der Waals surface area contributed by atoms with Crippen LogP contribution in [0.3, 0.4) is 0 Å². The Morgan fingerprint density at radius 3 is 2.55 bits per heavy atom. The molecule has 1 saturated heterocycles. The fraction of sp³-hybridized carbons (Fsp3) is 0.650. The maximum Gasteiger partial charge on any atom is 0.416 e. The maximum absolute atomic E-state index is 12.7. The van der Waals surface area contributed by atoms with Crippen LogP contribution in [0.25, 0.3) is 0 Å². The standard InChI is InChI=1S/C20H31F3N4O.HI/c1-24-19(25-11-4-3-5-13-28-2)26-18-10-12-27(15-18)14-16-6-8-17(9-7-16)20(21,22)23;/h6-9,18H,3-5,10-15H2,1-2H3,(H2,24,25,26);1H. The molecule has 29 heavy (non-hydrogen) atoms. The monoisotopic (exact) mass is 528 g/mol. The SMILES string of the molecule is CN=C(NCCCCCOC)NC1CCN(Cc2ccc(C(F)(F)F)cc2)C1.I. The number of rotatable bonds is 9. The van der Waals surface area contributed by atoms with Gasteiger partial charge in [-0.1, -0.05) is 12.1 Å². The number of likely N-dealkylation sites (tertiary alicyclic amines) is 1. The van der Waals surface area contributed by atoms with Gasteiger partial charge in [0.15, 0.2) is 5.96 Å². The average molecular weight is 528 g/mol. The van der Waals surface area contributed by atoms with Gasteiger partial charge in [-0.3, -0.25) is 9.89 Å². The van der Waals surface area contributed by atoms with E-state index >= 15 is 0 Å². The third-order valence-corrected chi connectivity index (χ3v) is 4.84. The van der Waals surface area contributed by atoms with Gasteiger partial charge in [-0.2, -0.15) is 13.2 Å². The molecule has 1 aromatic carbocycles. The Labute approximate surface area is 188 Å². The predicted octanol–water partition coefficient (Wildman–Crippen LogP) is 3.88. The first-order valence-electron chi connectivity index (χ1n) is 9.77. The molecular formula is C20H32F3IN4O. The number of nitrogens with zero attached hydrogens (tertiary/aromatic N) is 2. The Balaban J connectivity index is 0.00000420. The molecule has 0 spiro atoms. The molecule has 0 aliphatic carbocycles. The van der Waals surface area contributed by atoms with Crippen molar-refractivity contribution >= 4 is 29.9 Å². The molecule has 1 atom stereocenters. The highest BCUT2D eigenvalue weighted by molar-refractivity contribution is 14.0. The van der Waals surface area contributed by atoms with E-state index in [9.17, 15) is 13.2 Å². The minimum absolute atomic E-state index is 0. The van der Waals surface area contributed by atoms with Crippen molar-refractivity contribution in [3.63, 3.8) is 0 Å². The van der Waals surface area contributed by atoms with Crippen molar-refractivity contribution in [2.24, 2.45) is 4.99 Å². The van der Waals surface area contributed by atoms with Gasteiger partial charge in [0, 0.05) is 53.0 Å².